The Balaban J connectivity index is 2.37. The number of hydrogen-bond acceptors (Lipinski definition) is 0. The van der Waals surface area contributed by atoms with Crippen molar-refractivity contribution < 1.29 is 0 Å². The summed E-state index contributed by atoms with van der Waals surface area (Å²) in [5.41, 5.74) is 0. The quantitative estimate of drug-likeness (QED) is 0.520. The van der Waals surface area contributed by atoms with Crippen molar-refractivity contribution in [2.75, 3.05) is 0 Å². The van der Waals surface area contributed by atoms with Gasteiger partial charge in [0.2, 0.25) is 0 Å². The first-order valence-corrected chi connectivity index (χ1v) is 8.29. The van der Waals surface area contributed by atoms with Gasteiger partial charge in [-0.1, -0.05) is 71.6 Å². The molecule has 0 heterocycles. The summed E-state index contributed by atoms with van der Waals surface area (Å²) < 4.78 is 0. The molecule has 0 aliphatic heterocycles. The van der Waals surface area contributed by atoms with Crippen molar-refractivity contribution in [3.63, 3.8) is 0 Å². The Kier molecular flexibility index (Phi) is 8.35. The molecule has 0 nitrogen and oxygen atoms in total. The molecule has 0 aromatic carbocycles. The normalized spacial score (nSPS) is 24.0. The molecule has 0 aromatic heterocycles. The first kappa shape index (κ1) is 15.3. The van der Waals surface area contributed by atoms with Crippen molar-refractivity contribution in [2.45, 2.75) is 89.9 Å². The molecule has 1 aliphatic rings. The number of halogens is 1. The van der Waals surface area contributed by atoms with Gasteiger partial charge in [0.15, 0.2) is 0 Å². The molecule has 0 saturated heterocycles. The molecule has 17 heavy (non-hydrogen) atoms. The van der Waals surface area contributed by atoms with E-state index in [4.69, 9.17) is 11.6 Å². The second-order valence-corrected chi connectivity index (χ2v) is 6.71. The number of rotatable bonds is 2. The van der Waals surface area contributed by atoms with E-state index in [1.807, 2.05) is 0 Å². The molecule has 1 unspecified atom stereocenters. The Morgan fingerprint density at radius 1 is 0.706 bits per heavy atom. The summed E-state index contributed by atoms with van der Waals surface area (Å²) in [6.45, 7) is 4.54. The van der Waals surface area contributed by atoms with Gasteiger partial charge in [-0.2, -0.15) is 0 Å². The summed E-state index contributed by atoms with van der Waals surface area (Å²) in [7, 11) is 0. The molecule has 0 amide bonds. The highest BCUT2D eigenvalue weighted by molar-refractivity contribution is 6.20. The topological polar surface area (TPSA) is 0 Å². The Morgan fingerprint density at radius 2 is 1.06 bits per heavy atom. The van der Waals surface area contributed by atoms with E-state index in [9.17, 15) is 0 Å². The lowest BCUT2D eigenvalue weighted by Crippen LogP contribution is -2.21. The summed E-state index contributed by atoms with van der Waals surface area (Å²) >= 11 is 6.59. The van der Waals surface area contributed by atoms with Crippen LogP contribution < -0.4 is 0 Å². The Labute approximate surface area is 114 Å². The molecule has 1 aliphatic carbocycles. The molecule has 0 N–H and O–H groups in total. The van der Waals surface area contributed by atoms with Crippen LogP contribution in [0.1, 0.15) is 84.5 Å². The summed E-state index contributed by atoms with van der Waals surface area (Å²) in [6.07, 6.45) is 15.7. The summed E-state index contributed by atoms with van der Waals surface area (Å²) in [6, 6.07) is 0. The fraction of sp³-hybridized carbons (Fsp3) is 1.00. The van der Waals surface area contributed by atoms with E-state index in [1.165, 1.54) is 70.6 Å². The molecule has 0 bridgehead atoms. The minimum Gasteiger partial charge on any atom is -0.122 e. The lowest BCUT2D eigenvalue weighted by atomic mass is 9.86. The fourth-order valence-electron chi connectivity index (χ4n) is 3.06. The zero-order valence-electron chi connectivity index (χ0n) is 11.9. The Morgan fingerprint density at radius 3 is 1.41 bits per heavy atom. The van der Waals surface area contributed by atoms with Gasteiger partial charge in [0.05, 0.1) is 0 Å². The van der Waals surface area contributed by atoms with Crippen molar-refractivity contribution in [3.8, 4) is 0 Å². The zero-order chi connectivity index (χ0) is 12.5. The van der Waals surface area contributed by atoms with Crippen LogP contribution >= 0.6 is 11.6 Å². The van der Waals surface area contributed by atoms with Gasteiger partial charge in [0.1, 0.15) is 0 Å². The molecule has 1 saturated carbocycles. The SMILES string of the molecule is CC(C)C(Cl)C1CCCCCCCCCCC1. The van der Waals surface area contributed by atoms with Crippen LogP contribution in [0.15, 0.2) is 0 Å². The molecular formula is C16H31Cl. The molecule has 1 atom stereocenters. The zero-order valence-corrected chi connectivity index (χ0v) is 12.6. The van der Waals surface area contributed by atoms with Gasteiger partial charge in [0.25, 0.3) is 0 Å². The van der Waals surface area contributed by atoms with Crippen molar-refractivity contribution >= 4 is 11.6 Å². The third-order valence-electron chi connectivity index (χ3n) is 4.24. The highest BCUT2D eigenvalue weighted by Crippen LogP contribution is 2.30. The van der Waals surface area contributed by atoms with Gasteiger partial charge >= 0.3 is 0 Å². The second-order valence-electron chi connectivity index (χ2n) is 6.21. The van der Waals surface area contributed by atoms with E-state index >= 15 is 0 Å². The van der Waals surface area contributed by atoms with Crippen molar-refractivity contribution in [2.24, 2.45) is 11.8 Å². The molecular weight excluding hydrogens is 228 g/mol. The monoisotopic (exact) mass is 258 g/mol. The van der Waals surface area contributed by atoms with Gasteiger partial charge in [-0.25, -0.2) is 0 Å². The minimum atomic E-state index is 0.401. The van der Waals surface area contributed by atoms with Gasteiger partial charge in [-0.05, 0) is 24.7 Å². The second kappa shape index (κ2) is 9.25. The molecule has 102 valence electrons. The van der Waals surface area contributed by atoms with E-state index in [0.29, 0.717) is 11.3 Å². The Bertz CT molecular complexity index is 164. The van der Waals surface area contributed by atoms with E-state index in [1.54, 1.807) is 0 Å². The number of hydrogen-bond donors (Lipinski definition) is 0. The molecule has 1 heteroatoms. The maximum absolute atomic E-state index is 6.59. The molecule has 0 spiro atoms. The third-order valence-corrected chi connectivity index (χ3v) is 5.10. The van der Waals surface area contributed by atoms with Crippen LogP contribution in [0.2, 0.25) is 0 Å². The van der Waals surface area contributed by atoms with Gasteiger partial charge < -0.3 is 0 Å². The van der Waals surface area contributed by atoms with Crippen LogP contribution in [-0.2, 0) is 0 Å². The largest absolute Gasteiger partial charge is 0.122 e. The average Bonchev–Trinajstić information content (AvgIpc) is 2.29. The summed E-state index contributed by atoms with van der Waals surface area (Å²) in [5, 5.41) is 0.401. The van der Waals surface area contributed by atoms with Crippen molar-refractivity contribution in [3.05, 3.63) is 0 Å². The lowest BCUT2D eigenvalue weighted by molar-refractivity contribution is 0.342. The lowest BCUT2D eigenvalue weighted by Gasteiger charge is -2.25. The third kappa shape index (κ3) is 6.70. The van der Waals surface area contributed by atoms with Gasteiger partial charge in [-0.15, -0.1) is 11.6 Å². The first-order valence-electron chi connectivity index (χ1n) is 7.86. The smallest absolute Gasteiger partial charge is 0.0387 e. The minimum absolute atomic E-state index is 0.401. The van der Waals surface area contributed by atoms with E-state index < -0.39 is 0 Å². The average molecular weight is 259 g/mol. The van der Waals surface area contributed by atoms with Gasteiger partial charge in [0, 0.05) is 5.38 Å². The standard InChI is InChI=1S/C16H31Cl/c1-14(2)16(17)15-12-10-8-6-4-3-5-7-9-11-13-15/h14-16H,3-13H2,1-2H3. The van der Waals surface area contributed by atoms with Crippen LogP contribution in [-0.4, -0.2) is 5.38 Å². The Hall–Kier alpha value is 0.290. The highest BCUT2D eigenvalue weighted by atomic mass is 35.5. The highest BCUT2D eigenvalue weighted by Gasteiger charge is 2.21. The van der Waals surface area contributed by atoms with E-state index in [2.05, 4.69) is 13.8 Å². The summed E-state index contributed by atoms with van der Waals surface area (Å²) in [4.78, 5) is 0. The van der Waals surface area contributed by atoms with E-state index in [0.717, 1.165) is 5.92 Å². The predicted octanol–water partition coefficient (Wildman–Crippen LogP) is 6.17. The molecule has 0 radical (unpaired) electrons. The van der Waals surface area contributed by atoms with Crippen LogP contribution in [0.5, 0.6) is 0 Å². The van der Waals surface area contributed by atoms with Crippen LogP contribution in [0.4, 0.5) is 0 Å². The number of alkyl halides is 1. The van der Waals surface area contributed by atoms with Crippen LogP contribution in [0, 0.1) is 11.8 Å². The molecule has 1 fully saturated rings. The first-order chi connectivity index (χ1) is 8.22. The summed E-state index contributed by atoms with van der Waals surface area (Å²) in [5.74, 6) is 1.41. The maximum atomic E-state index is 6.59. The van der Waals surface area contributed by atoms with Crippen molar-refractivity contribution in [1.29, 1.82) is 0 Å². The molecule has 1 rings (SSSR count). The van der Waals surface area contributed by atoms with Crippen LogP contribution in [0.3, 0.4) is 0 Å². The maximum Gasteiger partial charge on any atom is 0.0387 e. The molecule has 0 aromatic rings. The van der Waals surface area contributed by atoms with Crippen molar-refractivity contribution in [1.82, 2.24) is 0 Å². The van der Waals surface area contributed by atoms with E-state index in [-0.39, 0.29) is 0 Å². The van der Waals surface area contributed by atoms with Crippen LogP contribution in [0.25, 0.3) is 0 Å². The fourth-order valence-corrected chi connectivity index (χ4v) is 3.31. The van der Waals surface area contributed by atoms with Gasteiger partial charge in [-0.3, -0.25) is 0 Å². The predicted molar refractivity (Wildman–Crippen MR) is 78.8 cm³/mol.